The summed E-state index contributed by atoms with van der Waals surface area (Å²) >= 11 is 0. The van der Waals surface area contributed by atoms with Gasteiger partial charge in [-0.15, -0.1) is 0 Å². The van der Waals surface area contributed by atoms with Crippen LogP contribution in [-0.4, -0.2) is 47.4 Å². The van der Waals surface area contributed by atoms with Gasteiger partial charge in [0, 0.05) is 31.2 Å². The Morgan fingerprint density at radius 2 is 2.00 bits per heavy atom. The van der Waals surface area contributed by atoms with Gasteiger partial charge in [-0.3, -0.25) is 9.69 Å². The molecule has 14 heavy (non-hydrogen) atoms. The van der Waals surface area contributed by atoms with Crippen LogP contribution in [0.3, 0.4) is 0 Å². The molecule has 3 rings (SSSR count). The minimum Gasteiger partial charge on any atom is -0.342 e. The van der Waals surface area contributed by atoms with Gasteiger partial charge in [0.25, 0.3) is 0 Å². The van der Waals surface area contributed by atoms with Crippen LogP contribution in [0.2, 0.25) is 0 Å². The van der Waals surface area contributed by atoms with E-state index in [4.69, 9.17) is 0 Å². The molecule has 3 heteroatoms. The Kier molecular flexibility index (Phi) is 1.84. The van der Waals surface area contributed by atoms with Crippen molar-refractivity contribution in [3.05, 3.63) is 0 Å². The maximum Gasteiger partial charge on any atom is 0.209 e. The van der Waals surface area contributed by atoms with Crippen molar-refractivity contribution in [1.82, 2.24) is 9.80 Å². The third-order valence-electron chi connectivity index (χ3n) is 4.23. The Labute approximate surface area is 85.1 Å². The largest absolute Gasteiger partial charge is 0.342 e. The highest BCUT2D eigenvalue weighted by Gasteiger charge is 2.53. The highest BCUT2D eigenvalue weighted by molar-refractivity contribution is 5.48. The summed E-state index contributed by atoms with van der Waals surface area (Å²) in [6.45, 7) is 3.05. The lowest BCUT2D eigenvalue weighted by Gasteiger charge is -2.48. The average molecular weight is 194 g/mol. The molecule has 0 radical (unpaired) electrons. The van der Waals surface area contributed by atoms with E-state index < -0.39 is 0 Å². The lowest BCUT2D eigenvalue weighted by atomic mass is 9.89. The molecule has 1 amide bonds. The van der Waals surface area contributed by atoms with Crippen LogP contribution in [0.15, 0.2) is 0 Å². The van der Waals surface area contributed by atoms with Crippen molar-refractivity contribution in [2.24, 2.45) is 0 Å². The number of carbonyl (C=O) groups excluding carboxylic acids is 1. The van der Waals surface area contributed by atoms with Gasteiger partial charge in [-0.2, -0.15) is 0 Å². The lowest BCUT2D eigenvalue weighted by molar-refractivity contribution is -0.122. The topological polar surface area (TPSA) is 23.6 Å². The van der Waals surface area contributed by atoms with Crippen molar-refractivity contribution in [2.45, 2.75) is 43.7 Å². The first-order valence-corrected chi connectivity index (χ1v) is 5.80. The smallest absolute Gasteiger partial charge is 0.209 e. The number of hydrogen-bond acceptors (Lipinski definition) is 2. The molecule has 0 aromatic heterocycles. The minimum absolute atomic E-state index is 0.421. The second-order valence-electron chi connectivity index (χ2n) is 5.08. The molecule has 0 aromatic carbocycles. The third kappa shape index (κ3) is 1.18. The van der Waals surface area contributed by atoms with Gasteiger partial charge < -0.3 is 4.90 Å². The molecule has 0 N–H and O–H groups in total. The van der Waals surface area contributed by atoms with E-state index in [1.807, 2.05) is 4.90 Å². The molecule has 3 fully saturated rings. The monoisotopic (exact) mass is 194 g/mol. The predicted molar refractivity (Wildman–Crippen MR) is 53.9 cm³/mol. The lowest BCUT2D eigenvalue weighted by Crippen LogP contribution is -2.59. The zero-order valence-electron chi connectivity index (χ0n) is 8.61. The highest BCUT2D eigenvalue weighted by Crippen LogP contribution is 2.47. The molecule has 1 saturated heterocycles. The van der Waals surface area contributed by atoms with E-state index in [0.29, 0.717) is 5.54 Å². The van der Waals surface area contributed by atoms with Gasteiger partial charge in [-0.1, -0.05) is 6.42 Å². The van der Waals surface area contributed by atoms with E-state index in [1.54, 1.807) is 0 Å². The molecule has 2 aliphatic carbocycles. The van der Waals surface area contributed by atoms with Crippen LogP contribution in [0.5, 0.6) is 0 Å². The number of hydrogen-bond donors (Lipinski definition) is 0. The van der Waals surface area contributed by atoms with Gasteiger partial charge in [0.2, 0.25) is 6.41 Å². The van der Waals surface area contributed by atoms with Crippen molar-refractivity contribution < 1.29 is 4.79 Å². The molecule has 0 aromatic rings. The van der Waals surface area contributed by atoms with Gasteiger partial charge >= 0.3 is 0 Å². The first-order valence-electron chi connectivity index (χ1n) is 5.80. The molecule has 78 valence electrons. The summed E-state index contributed by atoms with van der Waals surface area (Å²) in [7, 11) is 0. The Hall–Kier alpha value is -0.570. The van der Waals surface area contributed by atoms with Gasteiger partial charge in [-0.05, 0) is 25.7 Å². The fourth-order valence-electron chi connectivity index (χ4n) is 2.97. The van der Waals surface area contributed by atoms with Crippen LogP contribution in [0.4, 0.5) is 0 Å². The molecule has 0 unspecified atom stereocenters. The second-order valence-corrected chi connectivity index (χ2v) is 5.08. The molecule has 1 heterocycles. The first-order chi connectivity index (χ1) is 6.84. The zero-order chi connectivity index (χ0) is 9.60. The number of carbonyl (C=O) groups is 1. The van der Waals surface area contributed by atoms with E-state index in [9.17, 15) is 4.79 Å². The zero-order valence-corrected chi connectivity index (χ0v) is 8.61. The summed E-state index contributed by atoms with van der Waals surface area (Å²) in [5.74, 6) is 0. The standard InChI is InChI=1S/C11H18N2O/c14-9-12-6-7-13(10-2-1-3-10)11(8-12)4-5-11/h9-10H,1-8H2. The van der Waals surface area contributed by atoms with Crippen LogP contribution < -0.4 is 0 Å². The quantitative estimate of drug-likeness (QED) is 0.608. The summed E-state index contributed by atoms with van der Waals surface area (Å²) in [4.78, 5) is 15.4. The Balaban J connectivity index is 1.71. The first kappa shape index (κ1) is 8.72. The Morgan fingerprint density at radius 1 is 1.21 bits per heavy atom. The molecular formula is C11H18N2O. The van der Waals surface area contributed by atoms with Crippen LogP contribution in [0.1, 0.15) is 32.1 Å². The SMILES string of the molecule is O=CN1CCN(C2CCC2)C2(CC2)C1. The van der Waals surface area contributed by atoms with Crippen molar-refractivity contribution in [3.8, 4) is 0 Å². The number of rotatable bonds is 2. The molecule has 2 saturated carbocycles. The number of nitrogens with zero attached hydrogens (tertiary/aromatic N) is 2. The van der Waals surface area contributed by atoms with E-state index >= 15 is 0 Å². The molecule has 0 bridgehead atoms. The fourth-order valence-corrected chi connectivity index (χ4v) is 2.97. The Morgan fingerprint density at radius 3 is 2.50 bits per heavy atom. The van der Waals surface area contributed by atoms with Gasteiger partial charge in [0.1, 0.15) is 0 Å². The van der Waals surface area contributed by atoms with Crippen molar-refractivity contribution in [3.63, 3.8) is 0 Å². The van der Waals surface area contributed by atoms with Crippen LogP contribution >= 0.6 is 0 Å². The van der Waals surface area contributed by atoms with Crippen LogP contribution in [-0.2, 0) is 4.79 Å². The molecule has 3 aliphatic rings. The second kappa shape index (κ2) is 2.96. The van der Waals surface area contributed by atoms with Crippen molar-refractivity contribution >= 4 is 6.41 Å². The van der Waals surface area contributed by atoms with E-state index in [0.717, 1.165) is 32.1 Å². The molecule has 3 nitrogen and oxygen atoms in total. The van der Waals surface area contributed by atoms with Gasteiger partial charge in [0.15, 0.2) is 0 Å². The van der Waals surface area contributed by atoms with Crippen molar-refractivity contribution in [1.29, 1.82) is 0 Å². The molecule has 0 atom stereocenters. The highest BCUT2D eigenvalue weighted by atomic mass is 16.1. The van der Waals surface area contributed by atoms with Crippen LogP contribution in [0, 0.1) is 0 Å². The predicted octanol–water partition coefficient (Wildman–Crippen LogP) is 0.845. The molecule has 1 spiro atoms. The summed E-state index contributed by atoms with van der Waals surface area (Å²) in [6.07, 6.45) is 7.85. The number of piperazine rings is 1. The summed E-state index contributed by atoms with van der Waals surface area (Å²) in [5, 5.41) is 0. The van der Waals surface area contributed by atoms with E-state index in [2.05, 4.69) is 4.90 Å². The van der Waals surface area contributed by atoms with E-state index in [1.165, 1.54) is 32.1 Å². The minimum atomic E-state index is 0.421. The normalized spacial score (nSPS) is 31.6. The van der Waals surface area contributed by atoms with Gasteiger partial charge in [0.05, 0.1) is 0 Å². The fraction of sp³-hybridized carbons (Fsp3) is 0.909. The van der Waals surface area contributed by atoms with Crippen LogP contribution in [0.25, 0.3) is 0 Å². The van der Waals surface area contributed by atoms with Gasteiger partial charge in [-0.25, -0.2) is 0 Å². The molecule has 1 aliphatic heterocycles. The number of amides is 1. The Bertz CT molecular complexity index is 246. The van der Waals surface area contributed by atoms with Crippen molar-refractivity contribution in [2.75, 3.05) is 19.6 Å². The maximum absolute atomic E-state index is 10.7. The molecular weight excluding hydrogens is 176 g/mol. The summed E-state index contributed by atoms with van der Waals surface area (Å²) in [5.41, 5.74) is 0.421. The third-order valence-corrected chi connectivity index (χ3v) is 4.23. The maximum atomic E-state index is 10.7. The average Bonchev–Trinajstić information content (AvgIpc) is 2.87. The summed E-state index contributed by atoms with van der Waals surface area (Å²) in [6, 6.07) is 0.853. The van der Waals surface area contributed by atoms with E-state index in [-0.39, 0.29) is 0 Å². The summed E-state index contributed by atoms with van der Waals surface area (Å²) < 4.78 is 0.